The van der Waals surface area contributed by atoms with Crippen LogP contribution < -0.4 is 0 Å². The van der Waals surface area contributed by atoms with Crippen molar-refractivity contribution in [2.24, 2.45) is 4.99 Å². The zero-order chi connectivity index (χ0) is 4.41. The summed E-state index contributed by atoms with van der Waals surface area (Å²) >= 11 is 3.17. The molecule has 0 saturated carbocycles. The first-order chi connectivity index (χ1) is 2.89. The van der Waals surface area contributed by atoms with Gasteiger partial charge in [0.1, 0.15) is 11.7 Å². The maximum absolute atomic E-state index is 4.85. The number of hydrogen-bond donors (Lipinski definition) is 0. The minimum absolute atomic E-state index is 0.0671. The summed E-state index contributed by atoms with van der Waals surface area (Å²) in [5.41, 5.74) is 0. The molecule has 0 N–H and O–H groups in total. The first-order valence-electron chi connectivity index (χ1n) is 1.65. The summed E-state index contributed by atoms with van der Waals surface area (Å²) in [6, 6.07) is 0. The summed E-state index contributed by atoms with van der Waals surface area (Å²) in [5, 5.41) is 0.0671. The van der Waals surface area contributed by atoms with Crippen molar-refractivity contribution in [3.05, 3.63) is 0 Å². The van der Waals surface area contributed by atoms with Crippen molar-refractivity contribution in [1.82, 2.24) is 0 Å². The van der Waals surface area contributed by atoms with Gasteiger partial charge in [-0.3, -0.25) is 4.99 Å². The topological polar surface area (TPSA) is 21.6 Å². The minimum atomic E-state index is 0.0671. The van der Waals surface area contributed by atoms with Crippen LogP contribution in [-0.4, -0.2) is 18.0 Å². The smallest absolute Gasteiger partial charge is 0.149 e. The Balaban J connectivity index is 2.38. The highest BCUT2D eigenvalue weighted by Gasteiger charge is 2.01. The van der Waals surface area contributed by atoms with Crippen molar-refractivity contribution < 1.29 is 4.74 Å². The number of ether oxygens (including phenoxy) is 1. The lowest BCUT2D eigenvalue weighted by molar-refractivity contribution is 0.186. The molecule has 1 aliphatic heterocycles. The summed E-state index contributed by atoms with van der Waals surface area (Å²) in [7, 11) is 0. The van der Waals surface area contributed by atoms with E-state index in [4.69, 9.17) is 4.74 Å². The monoisotopic (exact) mass is 149 g/mol. The summed E-state index contributed by atoms with van der Waals surface area (Å²) in [6.45, 7) is 0.510. The Kier molecular flexibility index (Phi) is 1.22. The lowest BCUT2D eigenvalue weighted by Gasteiger charge is -1.88. The SMILES string of the molecule is BrC1C=NCO1. The van der Waals surface area contributed by atoms with E-state index in [1.54, 1.807) is 6.21 Å². The lowest BCUT2D eigenvalue weighted by atomic mass is 10.8. The van der Waals surface area contributed by atoms with E-state index in [9.17, 15) is 0 Å². The average Bonchev–Trinajstić information content (AvgIpc) is 1.86. The van der Waals surface area contributed by atoms with E-state index in [0.717, 1.165) is 0 Å². The molecule has 0 saturated heterocycles. The minimum Gasteiger partial charge on any atom is -0.339 e. The standard InChI is InChI=1S/C3H4BrNO/c4-3-1-5-2-6-3/h1,3H,2H2. The first kappa shape index (κ1) is 4.27. The molecule has 1 heterocycles. The van der Waals surface area contributed by atoms with Crippen molar-refractivity contribution in [3.63, 3.8) is 0 Å². The largest absolute Gasteiger partial charge is 0.339 e. The van der Waals surface area contributed by atoms with E-state index in [0.29, 0.717) is 6.73 Å². The molecule has 0 aromatic heterocycles. The average molecular weight is 150 g/mol. The van der Waals surface area contributed by atoms with Crippen LogP contribution in [0.3, 0.4) is 0 Å². The van der Waals surface area contributed by atoms with Gasteiger partial charge in [-0.1, -0.05) is 15.9 Å². The third-order valence-electron chi connectivity index (χ3n) is 0.531. The summed E-state index contributed by atoms with van der Waals surface area (Å²) in [5.74, 6) is 0. The highest BCUT2D eigenvalue weighted by molar-refractivity contribution is 9.09. The predicted molar refractivity (Wildman–Crippen MR) is 27.2 cm³/mol. The fourth-order valence-electron chi connectivity index (χ4n) is 0.283. The molecule has 0 fully saturated rings. The maximum Gasteiger partial charge on any atom is 0.149 e. The van der Waals surface area contributed by atoms with E-state index in [1.165, 1.54) is 0 Å². The van der Waals surface area contributed by atoms with Crippen LogP contribution in [0.4, 0.5) is 0 Å². The summed E-state index contributed by atoms with van der Waals surface area (Å²) in [4.78, 5) is 3.77. The van der Waals surface area contributed by atoms with Crippen LogP contribution in [0.5, 0.6) is 0 Å². The maximum atomic E-state index is 4.85. The molecule has 1 unspecified atom stereocenters. The van der Waals surface area contributed by atoms with Gasteiger partial charge in [0, 0.05) is 6.21 Å². The highest BCUT2D eigenvalue weighted by atomic mass is 79.9. The Morgan fingerprint density at radius 1 is 2.00 bits per heavy atom. The van der Waals surface area contributed by atoms with Crippen LogP contribution >= 0.6 is 15.9 Å². The Morgan fingerprint density at radius 2 is 2.83 bits per heavy atom. The van der Waals surface area contributed by atoms with E-state index < -0.39 is 0 Å². The van der Waals surface area contributed by atoms with Crippen molar-refractivity contribution in [3.8, 4) is 0 Å². The van der Waals surface area contributed by atoms with Crippen molar-refractivity contribution in [2.45, 2.75) is 5.01 Å². The molecule has 0 bridgehead atoms. The van der Waals surface area contributed by atoms with Gasteiger partial charge in [-0.25, -0.2) is 0 Å². The molecule has 1 atom stereocenters. The molecular formula is C3H4BrNO. The van der Waals surface area contributed by atoms with Gasteiger partial charge in [-0.2, -0.15) is 0 Å². The molecule has 0 aromatic carbocycles. The Hall–Kier alpha value is 0.110. The fraction of sp³-hybridized carbons (Fsp3) is 0.667. The highest BCUT2D eigenvalue weighted by Crippen LogP contribution is 2.02. The van der Waals surface area contributed by atoms with E-state index in [1.807, 2.05) is 0 Å². The van der Waals surface area contributed by atoms with Crippen molar-refractivity contribution >= 4 is 22.1 Å². The van der Waals surface area contributed by atoms with E-state index in [-0.39, 0.29) is 5.01 Å². The van der Waals surface area contributed by atoms with Gasteiger partial charge >= 0.3 is 0 Å². The van der Waals surface area contributed by atoms with Crippen LogP contribution in [0.2, 0.25) is 0 Å². The van der Waals surface area contributed by atoms with Crippen LogP contribution in [0.25, 0.3) is 0 Å². The van der Waals surface area contributed by atoms with Gasteiger partial charge < -0.3 is 4.74 Å². The number of alkyl halides is 1. The molecule has 1 aliphatic rings. The molecule has 1 rings (SSSR count). The van der Waals surface area contributed by atoms with Crippen molar-refractivity contribution in [1.29, 1.82) is 0 Å². The molecule has 0 aliphatic carbocycles. The zero-order valence-corrected chi connectivity index (χ0v) is 4.68. The molecule has 0 aromatic rings. The van der Waals surface area contributed by atoms with Crippen LogP contribution in [-0.2, 0) is 4.74 Å². The molecule has 34 valence electrons. The summed E-state index contributed by atoms with van der Waals surface area (Å²) in [6.07, 6.45) is 1.72. The zero-order valence-electron chi connectivity index (χ0n) is 3.10. The van der Waals surface area contributed by atoms with Crippen LogP contribution in [0.15, 0.2) is 4.99 Å². The Morgan fingerprint density at radius 3 is 3.00 bits per heavy atom. The molecule has 0 amide bonds. The molecular weight excluding hydrogens is 146 g/mol. The Labute approximate surface area is 44.3 Å². The Bertz CT molecular complexity index is 73.2. The van der Waals surface area contributed by atoms with Gasteiger partial charge in [-0.15, -0.1) is 0 Å². The predicted octanol–water partition coefficient (Wildman–Crippen LogP) is 0.766. The normalized spacial score (nSPS) is 31.8. The summed E-state index contributed by atoms with van der Waals surface area (Å²) < 4.78 is 4.85. The molecule has 0 spiro atoms. The van der Waals surface area contributed by atoms with E-state index in [2.05, 4.69) is 20.9 Å². The van der Waals surface area contributed by atoms with Gasteiger partial charge in [-0.05, 0) is 0 Å². The quantitative estimate of drug-likeness (QED) is 0.467. The fourth-order valence-corrected chi connectivity index (χ4v) is 0.569. The van der Waals surface area contributed by atoms with Gasteiger partial charge in [0.2, 0.25) is 0 Å². The second-order valence-corrected chi connectivity index (χ2v) is 1.88. The number of nitrogens with zero attached hydrogens (tertiary/aromatic N) is 1. The molecule has 6 heavy (non-hydrogen) atoms. The van der Waals surface area contributed by atoms with Gasteiger partial charge in [0.05, 0.1) is 0 Å². The molecule has 0 radical (unpaired) electrons. The number of halogens is 1. The van der Waals surface area contributed by atoms with Gasteiger partial charge in [0.15, 0.2) is 0 Å². The molecule has 2 nitrogen and oxygen atoms in total. The third-order valence-corrected chi connectivity index (χ3v) is 1.03. The van der Waals surface area contributed by atoms with Crippen molar-refractivity contribution in [2.75, 3.05) is 6.73 Å². The lowest BCUT2D eigenvalue weighted by Crippen LogP contribution is -1.94. The number of aliphatic imine (C=N–C) groups is 1. The number of rotatable bonds is 0. The second-order valence-electron chi connectivity index (χ2n) is 0.979. The number of hydrogen-bond acceptors (Lipinski definition) is 2. The third kappa shape index (κ3) is 0.786. The molecule has 3 heteroatoms. The second kappa shape index (κ2) is 1.71. The van der Waals surface area contributed by atoms with E-state index >= 15 is 0 Å². The van der Waals surface area contributed by atoms with Gasteiger partial charge in [0.25, 0.3) is 0 Å². The van der Waals surface area contributed by atoms with Crippen LogP contribution in [0, 0.1) is 0 Å². The van der Waals surface area contributed by atoms with Crippen LogP contribution in [0.1, 0.15) is 0 Å². The first-order valence-corrected chi connectivity index (χ1v) is 2.57.